The number of benzene rings is 1. The molecule has 19 heavy (non-hydrogen) atoms. The number of fused-ring (bicyclic) bond motifs is 1. The van der Waals surface area contributed by atoms with Gasteiger partial charge in [0.25, 0.3) is 0 Å². The van der Waals surface area contributed by atoms with E-state index in [1.54, 1.807) is 19.1 Å². The SMILES string of the molecule is COP(=O)(OC)Oc1ccc2c(C)cc(=O)oc2c1. The van der Waals surface area contributed by atoms with Gasteiger partial charge in [0, 0.05) is 31.7 Å². The van der Waals surface area contributed by atoms with Crippen molar-refractivity contribution >= 4 is 18.8 Å². The first-order valence-electron chi connectivity index (χ1n) is 5.43. The summed E-state index contributed by atoms with van der Waals surface area (Å²) >= 11 is 0. The lowest BCUT2D eigenvalue weighted by molar-refractivity contribution is 0.211. The van der Waals surface area contributed by atoms with Crippen LogP contribution in [0.3, 0.4) is 0 Å². The van der Waals surface area contributed by atoms with Gasteiger partial charge in [-0.3, -0.25) is 9.05 Å². The molecule has 102 valence electrons. The molecule has 0 spiro atoms. The van der Waals surface area contributed by atoms with Gasteiger partial charge in [0.2, 0.25) is 0 Å². The van der Waals surface area contributed by atoms with E-state index in [0.29, 0.717) is 5.58 Å². The summed E-state index contributed by atoms with van der Waals surface area (Å²) in [6.07, 6.45) is 0. The largest absolute Gasteiger partial charge is 0.529 e. The van der Waals surface area contributed by atoms with Crippen LogP contribution in [0, 0.1) is 6.92 Å². The van der Waals surface area contributed by atoms with Crippen LogP contribution in [0.5, 0.6) is 5.75 Å². The molecule has 2 rings (SSSR count). The van der Waals surface area contributed by atoms with Gasteiger partial charge < -0.3 is 8.94 Å². The molecule has 0 aliphatic heterocycles. The molecule has 0 aliphatic rings. The van der Waals surface area contributed by atoms with E-state index in [2.05, 4.69) is 9.05 Å². The van der Waals surface area contributed by atoms with Crippen molar-refractivity contribution in [3.05, 3.63) is 40.2 Å². The van der Waals surface area contributed by atoms with E-state index >= 15 is 0 Å². The maximum atomic E-state index is 11.8. The molecule has 0 fully saturated rings. The Morgan fingerprint density at radius 2 is 1.84 bits per heavy atom. The maximum Gasteiger partial charge on any atom is 0.529 e. The zero-order valence-corrected chi connectivity index (χ0v) is 11.6. The van der Waals surface area contributed by atoms with Crippen LogP contribution in [-0.4, -0.2) is 14.2 Å². The van der Waals surface area contributed by atoms with Gasteiger partial charge in [-0.2, -0.15) is 0 Å². The third-order valence-electron chi connectivity index (χ3n) is 2.59. The molecule has 0 bridgehead atoms. The first-order valence-corrected chi connectivity index (χ1v) is 6.89. The molecule has 0 N–H and O–H groups in total. The molecule has 1 aromatic heterocycles. The Labute approximate surface area is 109 Å². The normalized spacial score (nSPS) is 11.7. The Balaban J connectivity index is 2.48. The number of rotatable bonds is 4. The van der Waals surface area contributed by atoms with E-state index in [1.165, 1.54) is 26.4 Å². The van der Waals surface area contributed by atoms with E-state index < -0.39 is 13.4 Å². The van der Waals surface area contributed by atoms with Crippen molar-refractivity contribution < 1.29 is 22.6 Å². The molecule has 1 aromatic carbocycles. The van der Waals surface area contributed by atoms with Crippen molar-refractivity contribution in [2.75, 3.05) is 14.2 Å². The van der Waals surface area contributed by atoms with Gasteiger partial charge in [0.1, 0.15) is 11.3 Å². The Morgan fingerprint density at radius 3 is 2.47 bits per heavy atom. The van der Waals surface area contributed by atoms with Gasteiger partial charge in [-0.25, -0.2) is 9.36 Å². The second-order valence-corrected chi connectivity index (χ2v) is 5.62. The standard InChI is InChI=1S/C12H13O6P/c1-8-6-12(13)17-11-7-9(4-5-10(8)11)18-19(14,15-2)16-3/h4-7H,1-3H3. The molecule has 2 aromatic rings. The summed E-state index contributed by atoms with van der Waals surface area (Å²) in [6.45, 7) is 1.80. The smallest absolute Gasteiger partial charge is 0.423 e. The van der Waals surface area contributed by atoms with Crippen molar-refractivity contribution in [3.8, 4) is 5.75 Å². The third-order valence-corrected chi connectivity index (χ3v) is 3.92. The molecule has 0 saturated carbocycles. The molecule has 0 unspecified atom stereocenters. The zero-order chi connectivity index (χ0) is 14.0. The molecular weight excluding hydrogens is 271 g/mol. The minimum Gasteiger partial charge on any atom is -0.423 e. The average Bonchev–Trinajstić information content (AvgIpc) is 2.38. The van der Waals surface area contributed by atoms with E-state index in [4.69, 9.17) is 8.94 Å². The zero-order valence-electron chi connectivity index (χ0n) is 10.7. The van der Waals surface area contributed by atoms with Crippen LogP contribution in [0.15, 0.2) is 33.5 Å². The lowest BCUT2D eigenvalue weighted by atomic mass is 10.1. The van der Waals surface area contributed by atoms with Crippen molar-refractivity contribution in [2.45, 2.75) is 6.92 Å². The molecule has 6 nitrogen and oxygen atoms in total. The molecule has 0 amide bonds. The second-order valence-electron chi connectivity index (χ2n) is 3.81. The van der Waals surface area contributed by atoms with Gasteiger partial charge in [0.15, 0.2) is 0 Å². The van der Waals surface area contributed by atoms with Gasteiger partial charge in [0.05, 0.1) is 0 Å². The van der Waals surface area contributed by atoms with Crippen molar-refractivity contribution in [1.29, 1.82) is 0 Å². The van der Waals surface area contributed by atoms with E-state index in [0.717, 1.165) is 10.9 Å². The minimum absolute atomic E-state index is 0.230. The summed E-state index contributed by atoms with van der Waals surface area (Å²) in [5.41, 5.74) is 0.685. The van der Waals surface area contributed by atoms with E-state index in [-0.39, 0.29) is 5.75 Å². The lowest BCUT2D eigenvalue weighted by Crippen LogP contribution is -1.99. The molecule has 0 atom stereocenters. The highest BCUT2D eigenvalue weighted by atomic mass is 31.2. The number of aryl methyl sites for hydroxylation is 1. The molecule has 0 saturated heterocycles. The van der Waals surface area contributed by atoms with Crippen LogP contribution < -0.4 is 10.1 Å². The van der Waals surface area contributed by atoms with Gasteiger partial charge in [-0.05, 0) is 24.6 Å². The predicted octanol–water partition coefficient (Wildman–Crippen LogP) is 2.88. The highest BCUT2D eigenvalue weighted by Gasteiger charge is 2.24. The van der Waals surface area contributed by atoms with Gasteiger partial charge in [-0.1, -0.05) is 0 Å². The Morgan fingerprint density at radius 1 is 1.16 bits per heavy atom. The van der Waals surface area contributed by atoms with Crippen LogP contribution in [0.4, 0.5) is 0 Å². The highest BCUT2D eigenvalue weighted by Crippen LogP contribution is 2.48. The van der Waals surface area contributed by atoms with Crippen LogP contribution in [-0.2, 0) is 13.6 Å². The fraction of sp³-hybridized carbons (Fsp3) is 0.250. The number of phosphoric ester groups is 1. The molecule has 1 heterocycles. The summed E-state index contributed by atoms with van der Waals surface area (Å²) in [5.74, 6) is 0.230. The van der Waals surface area contributed by atoms with Crippen LogP contribution in [0.2, 0.25) is 0 Å². The predicted molar refractivity (Wildman–Crippen MR) is 69.5 cm³/mol. The third kappa shape index (κ3) is 2.87. The topological polar surface area (TPSA) is 75.0 Å². The first-order chi connectivity index (χ1) is 8.97. The molecule has 7 heteroatoms. The summed E-state index contributed by atoms with van der Waals surface area (Å²) in [5, 5.41) is 0.775. The van der Waals surface area contributed by atoms with Crippen LogP contribution in [0.1, 0.15) is 5.56 Å². The fourth-order valence-electron chi connectivity index (χ4n) is 1.64. The van der Waals surface area contributed by atoms with Crippen molar-refractivity contribution in [2.24, 2.45) is 0 Å². The van der Waals surface area contributed by atoms with Crippen molar-refractivity contribution in [1.82, 2.24) is 0 Å². The fourth-order valence-corrected chi connectivity index (χ4v) is 2.31. The van der Waals surface area contributed by atoms with E-state index in [9.17, 15) is 9.36 Å². The van der Waals surface area contributed by atoms with Crippen LogP contribution in [0.25, 0.3) is 11.0 Å². The van der Waals surface area contributed by atoms with Crippen molar-refractivity contribution in [3.63, 3.8) is 0 Å². The molecular formula is C12H13O6P. The van der Waals surface area contributed by atoms with Gasteiger partial charge in [-0.15, -0.1) is 0 Å². The number of hydrogen-bond acceptors (Lipinski definition) is 6. The first kappa shape index (κ1) is 13.8. The summed E-state index contributed by atoms with van der Waals surface area (Å²) < 4.78 is 31.4. The number of hydrogen-bond donors (Lipinski definition) is 0. The van der Waals surface area contributed by atoms with E-state index in [1.807, 2.05) is 0 Å². The Bertz CT molecular complexity index is 697. The molecule has 0 aliphatic carbocycles. The van der Waals surface area contributed by atoms with Gasteiger partial charge >= 0.3 is 13.4 Å². The Hall–Kier alpha value is -1.62. The average molecular weight is 284 g/mol. The maximum absolute atomic E-state index is 11.8. The lowest BCUT2D eigenvalue weighted by Gasteiger charge is -2.14. The quantitative estimate of drug-likeness (QED) is 0.634. The highest BCUT2D eigenvalue weighted by molar-refractivity contribution is 7.48. The second kappa shape index (κ2) is 5.17. The summed E-state index contributed by atoms with van der Waals surface area (Å²) in [7, 11) is -1.19. The molecule has 0 radical (unpaired) electrons. The minimum atomic E-state index is -3.62. The Kier molecular flexibility index (Phi) is 3.75. The van der Waals surface area contributed by atoms with Crippen LogP contribution >= 0.6 is 7.82 Å². The summed E-state index contributed by atoms with van der Waals surface area (Å²) in [4.78, 5) is 11.3. The summed E-state index contributed by atoms with van der Waals surface area (Å²) in [6, 6.07) is 6.17. The number of phosphoric acid groups is 1. The monoisotopic (exact) mass is 284 g/mol.